The van der Waals surface area contributed by atoms with Crippen LogP contribution in [0.25, 0.3) is 10.6 Å². The van der Waals surface area contributed by atoms with Crippen molar-refractivity contribution in [2.24, 2.45) is 0 Å². The highest BCUT2D eigenvalue weighted by Gasteiger charge is 2.14. The number of rotatable bonds is 3. The second-order valence-electron chi connectivity index (χ2n) is 3.36. The van der Waals surface area contributed by atoms with Gasteiger partial charge in [0.05, 0.1) is 22.6 Å². The molecule has 1 amide bonds. The van der Waals surface area contributed by atoms with Gasteiger partial charge in [0.2, 0.25) is 0 Å². The number of thiophene rings is 1. The van der Waals surface area contributed by atoms with E-state index >= 15 is 0 Å². The number of amides is 1. The summed E-state index contributed by atoms with van der Waals surface area (Å²) < 4.78 is 0. The molecule has 17 heavy (non-hydrogen) atoms. The van der Waals surface area contributed by atoms with Crippen LogP contribution in [0.5, 0.6) is 0 Å². The summed E-state index contributed by atoms with van der Waals surface area (Å²) in [6, 6.07) is 9.38. The topological polar surface area (TPSA) is 42.4 Å². The molecule has 2 rings (SSSR count). The number of nitrogens with zero attached hydrogens (tertiary/aromatic N) is 2. The smallest absolute Gasteiger partial charge is 0.274 e. The Kier molecular flexibility index (Phi) is 3.51. The van der Waals surface area contributed by atoms with Crippen molar-refractivity contribution in [1.29, 1.82) is 0 Å². The van der Waals surface area contributed by atoms with Crippen LogP contribution in [0, 0.1) is 0 Å². The van der Waals surface area contributed by atoms with Gasteiger partial charge in [-0.2, -0.15) is 0 Å². The molecule has 0 aliphatic carbocycles. The van der Waals surface area contributed by atoms with E-state index in [9.17, 15) is 4.79 Å². The monoisotopic (exact) mass is 248 g/mol. The summed E-state index contributed by atoms with van der Waals surface area (Å²) >= 11 is 1.40. The Balaban J connectivity index is 2.25. The van der Waals surface area contributed by atoms with Crippen LogP contribution in [-0.2, 0) is 4.84 Å². The van der Waals surface area contributed by atoms with Gasteiger partial charge in [-0.1, -0.05) is 6.07 Å². The van der Waals surface area contributed by atoms with Crippen LogP contribution in [0.3, 0.4) is 0 Å². The van der Waals surface area contributed by atoms with Crippen molar-refractivity contribution in [3.8, 4) is 10.6 Å². The molecule has 0 unspecified atom stereocenters. The first-order valence-electron chi connectivity index (χ1n) is 5.06. The molecule has 88 valence electrons. The maximum Gasteiger partial charge on any atom is 0.287 e. The Hall–Kier alpha value is -1.72. The van der Waals surface area contributed by atoms with Gasteiger partial charge in [-0.3, -0.25) is 14.6 Å². The standard InChI is InChI=1S/C12H12N2O2S/c1-14(16-2)12(15)11-7-6-10(17-11)9-5-3-4-8-13-9/h3-8H,1-2H3. The third kappa shape index (κ3) is 2.51. The van der Waals surface area contributed by atoms with Crippen molar-refractivity contribution in [3.05, 3.63) is 41.4 Å². The van der Waals surface area contributed by atoms with Gasteiger partial charge in [0.1, 0.15) is 0 Å². The molecule has 5 heteroatoms. The molecule has 0 N–H and O–H groups in total. The van der Waals surface area contributed by atoms with E-state index in [0.717, 1.165) is 10.6 Å². The second-order valence-corrected chi connectivity index (χ2v) is 4.45. The first-order chi connectivity index (χ1) is 8.22. The van der Waals surface area contributed by atoms with Crippen LogP contribution >= 0.6 is 11.3 Å². The van der Waals surface area contributed by atoms with Crippen LogP contribution in [0.4, 0.5) is 0 Å². The lowest BCUT2D eigenvalue weighted by molar-refractivity contribution is -0.0753. The molecule has 2 heterocycles. The van der Waals surface area contributed by atoms with Gasteiger partial charge in [-0.15, -0.1) is 11.3 Å². The molecule has 0 aromatic carbocycles. The zero-order valence-corrected chi connectivity index (χ0v) is 10.4. The predicted molar refractivity (Wildman–Crippen MR) is 66.7 cm³/mol. The highest BCUT2D eigenvalue weighted by Crippen LogP contribution is 2.26. The molecule has 0 saturated carbocycles. The van der Waals surface area contributed by atoms with Crippen LogP contribution in [0.1, 0.15) is 9.67 Å². The number of aromatic nitrogens is 1. The fraction of sp³-hybridized carbons (Fsp3) is 0.167. The van der Waals surface area contributed by atoms with Crippen molar-refractivity contribution in [2.75, 3.05) is 14.2 Å². The Labute approximate surface area is 103 Å². The summed E-state index contributed by atoms with van der Waals surface area (Å²) in [5.41, 5.74) is 0.872. The number of carbonyl (C=O) groups excluding carboxylic acids is 1. The zero-order valence-electron chi connectivity index (χ0n) is 9.58. The molecule has 0 saturated heterocycles. The van der Waals surface area contributed by atoms with E-state index < -0.39 is 0 Å². The van der Waals surface area contributed by atoms with E-state index in [4.69, 9.17) is 4.84 Å². The molecule has 0 aliphatic rings. The Morgan fingerprint density at radius 2 is 2.18 bits per heavy atom. The molecule has 4 nitrogen and oxygen atoms in total. The zero-order chi connectivity index (χ0) is 12.3. The average molecular weight is 248 g/mol. The number of carbonyl (C=O) groups is 1. The molecule has 0 spiro atoms. The molecule has 0 aliphatic heterocycles. The molecule has 0 radical (unpaired) electrons. The maximum absolute atomic E-state index is 11.8. The van der Waals surface area contributed by atoms with Crippen molar-refractivity contribution in [2.45, 2.75) is 0 Å². The molecule has 0 atom stereocenters. The lowest BCUT2D eigenvalue weighted by atomic mass is 10.3. The Morgan fingerprint density at radius 3 is 2.82 bits per heavy atom. The molecular weight excluding hydrogens is 236 g/mol. The third-order valence-corrected chi connectivity index (χ3v) is 3.39. The summed E-state index contributed by atoms with van der Waals surface area (Å²) in [4.78, 5) is 22.5. The normalized spacial score (nSPS) is 10.2. The number of hydrogen-bond acceptors (Lipinski definition) is 4. The van der Waals surface area contributed by atoms with E-state index in [2.05, 4.69) is 4.98 Å². The van der Waals surface area contributed by atoms with Crippen molar-refractivity contribution >= 4 is 17.2 Å². The van der Waals surface area contributed by atoms with Gasteiger partial charge in [0.25, 0.3) is 5.91 Å². The van der Waals surface area contributed by atoms with Crippen LogP contribution in [0.2, 0.25) is 0 Å². The highest BCUT2D eigenvalue weighted by atomic mass is 32.1. The van der Waals surface area contributed by atoms with Gasteiger partial charge >= 0.3 is 0 Å². The lowest BCUT2D eigenvalue weighted by Gasteiger charge is -2.11. The summed E-state index contributed by atoms with van der Waals surface area (Å²) in [7, 11) is 3.05. The van der Waals surface area contributed by atoms with Crippen LogP contribution in [0.15, 0.2) is 36.5 Å². The van der Waals surface area contributed by atoms with Gasteiger partial charge in [-0.25, -0.2) is 5.06 Å². The molecule has 0 fully saturated rings. The van der Waals surface area contributed by atoms with E-state index in [1.54, 1.807) is 19.3 Å². The maximum atomic E-state index is 11.8. The average Bonchev–Trinajstić information content (AvgIpc) is 2.87. The Bertz CT molecular complexity index is 510. The number of hydroxylamine groups is 2. The third-order valence-electron chi connectivity index (χ3n) is 2.29. The molecule has 0 bridgehead atoms. The molecule has 2 aromatic rings. The van der Waals surface area contributed by atoms with Gasteiger partial charge < -0.3 is 0 Å². The summed E-state index contributed by atoms with van der Waals surface area (Å²) in [5, 5.41) is 1.20. The summed E-state index contributed by atoms with van der Waals surface area (Å²) in [5.74, 6) is -0.153. The first-order valence-corrected chi connectivity index (χ1v) is 5.87. The van der Waals surface area contributed by atoms with Crippen molar-refractivity contribution < 1.29 is 9.63 Å². The van der Waals surface area contributed by atoms with E-state index in [1.165, 1.54) is 23.5 Å². The summed E-state index contributed by atoms with van der Waals surface area (Å²) in [6.07, 6.45) is 1.73. The number of pyridine rings is 1. The van der Waals surface area contributed by atoms with Crippen LogP contribution in [-0.4, -0.2) is 30.1 Å². The van der Waals surface area contributed by atoms with E-state index in [1.807, 2.05) is 24.3 Å². The lowest BCUT2D eigenvalue weighted by Crippen LogP contribution is -2.24. The summed E-state index contributed by atoms with van der Waals surface area (Å²) in [6.45, 7) is 0. The van der Waals surface area contributed by atoms with Gasteiger partial charge in [0.15, 0.2) is 0 Å². The largest absolute Gasteiger partial charge is 0.287 e. The predicted octanol–water partition coefficient (Wildman–Crippen LogP) is 2.44. The highest BCUT2D eigenvalue weighted by molar-refractivity contribution is 7.17. The van der Waals surface area contributed by atoms with Crippen molar-refractivity contribution in [1.82, 2.24) is 10.0 Å². The molecular formula is C12H12N2O2S. The Morgan fingerprint density at radius 1 is 1.35 bits per heavy atom. The fourth-order valence-corrected chi connectivity index (χ4v) is 2.29. The molecule has 2 aromatic heterocycles. The quantitative estimate of drug-likeness (QED) is 0.783. The minimum atomic E-state index is -0.153. The minimum absolute atomic E-state index is 0.153. The van der Waals surface area contributed by atoms with Crippen LogP contribution < -0.4 is 0 Å². The SMILES string of the molecule is CON(C)C(=O)c1ccc(-c2ccccn2)s1. The van der Waals surface area contributed by atoms with Crippen molar-refractivity contribution in [3.63, 3.8) is 0 Å². The van der Waals surface area contributed by atoms with E-state index in [0.29, 0.717) is 4.88 Å². The minimum Gasteiger partial charge on any atom is -0.274 e. The number of hydrogen-bond donors (Lipinski definition) is 0. The van der Waals surface area contributed by atoms with Gasteiger partial charge in [0, 0.05) is 13.2 Å². The van der Waals surface area contributed by atoms with Gasteiger partial charge in [-0.05, 0) is 24.3 Å². The fourth-order valence-electron chi connectivity index (χ4n) is 1.34. The second kappa shape index (κ2) is 5.07. The first kappa shape index (κ1) is 11.8. The van der Waals surface area contributed by atoms with E-state index in [-0.39, 0.29) is 5.91 Å².